The van der Waals surface area contributed by atoms with Gasteiger partial charge in [-0.3, -0.25) is 14.0 Å². The predicted octanol–water partition coefficient (Wildman–Crippen LogP) is 2.74. The minimum atomic E-state index is -0.237. The number of likely N-dealkylation sites (tertiary alicyclic amines) is 1. The molecule has 1 saturated heterocycles. The molecule has 3 rings (SSSR count). The second kappa shape index (κ2) is 7.68. The van der Waals surface area contributed by atoms with E-state index in [9.17, 15) is 9.59 Å². The molecule has 0 spiro atoms. The average Bonchev–Trinajstić information content (AvgIpc) is 3.01. The van der Waals surface area contributed by atoms with Crippen LogP contribution < -0.4 is 5.32 Å². The van der Waals surface area contributed by atoms with Crippen molar-refractivity contribution in [3.63, 3.8) is 0 Å². The third kappa shape index (κ3) is 3.83. The zero-order chi connectivity index (χ0) is 17.8. The summed E-state index contributed by atoms with van der Waals surface area (Å²) < 4.78 is 1.71. The first kappa shape index (κ1) is 17.5. The van der Waals surface area contributed by atoms with Gasteiger partial charge in [-0.15, -0.1) is 0 Å². The first-order valence-electron chi connectivity index (χ1n) is 9.12. The lowest BCUT2D eigenvalue weighted by Gasteiger charge is -2.25. The number of hydrogen-bond donors (Lipinski definition) is 1. The molecule has 6 heteroatoms. The van der Waals surface area contributed by atoms with E-state index in [-0.39, 0.29) is 17.6 Å². The summed E-state index contributed by atoms with van der Waals surface area (Å²) in [6.45, 7) is 6.37. The molecule has 3 heterocycles. The van der Waals surface area contributed by atoms with Crippen molar-refractivity contribution < 1.29 is 9.59 Å². The van der Waals surface area contributed by atoms with Gasteiger partial charge in [0.15, 0.2) is 5.69 Å². The van der Waals surface area contributed by atoms with Crippen LogP contribution in [0.15, 0.2) is 24.4 Å². The summed E-state index contributed by atoms with van der Waals surface area (Å²) in [5.74, 6) is 0.484. The van der Waals surface area contributed by atoms with E-state index in [1.165, 1.54) is 0 Å². The first-order valence-corrected chi connectivity index (χ1v) is 9.12. The van der Waals surface area contributed by atoms with Crippen LogP contribution in [0.5, 0.6) is 0 Å². The molecule has 0 unspecified atom stereocenters. The number of nitrogens with one attached hydrogen (secondary N) is 1. The summed E-state index contributed by atoms with van der Waals surface area (Å²) in [6.07, 6.45) is 5.92. The number of carbonyl (C=O) groups is 2. The molecule has 2 aromatic heterocycles. The molecular weight excluding hydrogens is 316 g/mol. The molecule has 134 valence electrons. The van der Waals surface area contributed by atoms with E-state index in [4.69, 9.17) is 0 Å². The topological polar surface area (TPSA) is 66.7 Å². The van der Waals surface area contributed by atoms with Crippen molar-refractivity contribution in [2.75, 3.05) is 19.6 Å². The molecule has 1 aliphatic rings. The third-order valence-electron chi connectivity index (χ3n) is 4.60. The van der Waals surface area contributed by atoms with Crippen LogP contribution in [0.2, 0.25) is 0 Å². The fourth-order valence-electron chi connectivity index (χ4n) is 3.16. The monoisotopic (exact) mass is 342 g/mol. The van der Waals surface area contributed by atoms with E-state index in [0.29, 0.717) is 23.7 Å². The number of aromatic nitrogens is 2. The molecule has 0 aliphatic carbocycles. The molecule has 1 fully saturated rings. The van der Waals surface area contributed by atoms with E-state index < -0.39 is 0 Å². The van der Waals surface area contributed by atoms with E-state index >= 15 is 0 Å². The average molecular weight is 342 g/mol. The van der Waals surface area contributed by atoms with Gasteiger partial charge in [0.05, 0.1) is 5.52 Å². The number of fused-ring (bicyclic) bond motifs is 1. The Balaban J connectivity index is 1.87. The number of amides is 2. The zero-order valence-electron chi connectivity index (χ0n) is 15.0. The van der Waals surface area contributed by atoms with E-state index in [2.05, 4.69) is 24.1 Å². The van der Waals surface area contributed by atoms with Gasteiger partial charge in [-0.05, 0) is 43.7 Å². The standard InChI is InChI=1S/C19H26N4O2/c1-14(2)9-10-20-18(24)17-21-16(15-8-4-7-13-23(15)17)19(25)22-11-5-3-6-12-22/h4,7-8,13-14H,3,5-6,9-12H2,1-2H3,(H,20,24). The highest BCUT2D eigenvalue weighted by atomic mass is 16.2. The summed E-state index contributed by atoms with van der Waals surface area (Å²) in [7, 11) is 0. The van der Waals surface area contributed by atoms with Crippen LogP contribution in [-0.4, -0.2) is 45.7 Å². The Morgan fingerprint density at radius 2 is 1.96 bits per heavy atom. The minimum Gasteiger partial charge on any atom is -0.349 e. The third-order valence-corrected chi connectivity index (χ3v) is 4.60. The highest BCUT2D eigenvalue weighted by Gasteiger charge is 2.25. The number of hydrogen-bond acceptors (Lipinski definition) is 3. The van der Waals surface area contributed by atoms with Gasteiger partial charge in [0.25, 0.3) is 11.8 Å². The van der Waals surface area contributed by atoms with Gasteiger partial charge in [-0.1, -0.05) is 19.9 Å². The van der Waals surface area contributed by atoms with Crippen molar-refractivity contribution in [3.8, 4) is 0 Å². The Hall–Kier alpha value is -2.37. The van der Waals surface area contributed by atoms with Crippen LogP contribution in [0.3, 0.4) is 0 Å². The van der Waals surface area contributed by atoms with Crippen LogP contribution in [0, 0.1) is 5.92 Å². The lowest BCUT2D eigenvalue weighted by molar-refractivity contribution is 0.0721. The van der Waals surface area contributed by atoms with Gasteiger partial charge in [0.2, 0.25) is 5.82 Å². The van der Waals surface area contributed by atoms with Gasteiger partial charge in [-0.2, -0.15) is 0 Å². The second-order valence-corrected chi connectivity index (χ2v) is 7.03. The van der Waals surface area contributed by atoms with Gasteiger partial charge >= 0.3 is 0 Å². The molecule has 1 N–H and O–H groups in total. The van der Waals surface area contributed by atoms with E-state index in [1.807, 2.05) is 23.1 Å². The van der Waals surface area contributed by atoms with Gasteiger partial charge in [-0.25, -0.2) is 4.98 Å². The van der Waals surface area contributed by atoms with Crippen LogP contribution in [0.25, 0.3) is 5.52 Å². The Bertz CT molecular complexity index is 760. The minimum absolute atomic E-state index is 0.0790. The first-order chi connectivity index (χ1) is 12.1. The second-order valence-electron chi connectivity index (χ2n) is 7.03. The molecule has 0 bridgehead atoms. The molecule has 0 saturated carbocycles. The largest absolute Gasteiger partial charge is 0.349 e. The van der Waals surface area contributed by atoms with Crippen LogP contribution in [0.1, 0.15) is 60.6 Å². The van der Waals surface area contributed by atoms with E-state index in [1.54, 1.807) is 10.6 Å². The number of nitrogens with zero attached hydrogens (tertiary/aromatic N) is 3. The summed E-state index contributed by atoms with van der Waals surface area (Å²) in [5, 5.41) is 2.91. The van der Waals surface area contributed by atoms with Gasteiger partial charge in [0, 0.05) is 25.8 Å². The molecule has 0 aromatic carbocycles. The summed E-state index contributed by atoms with van der Waals surface area (Å²) in [5.41, 5.74) is 1.06. The fraction of sp³-hybridized carbons (Fsp3) is 0.526. The maximum absolute atomic E-state index is 12.9. The van der Waals surface area contributed by atoms with Crippen LogP contribution in [0.4, 0.5) is 0 Å². The van der Waals surface area contributed by atoms with Crippen LogP contribution >= 0.6 is 0 Å². The molecule has 0 atom stereocenters. The number of piperidine rings is 1. The summed E-state index contributed by atoms with van der Waals surface area (Å²) in [4.78, 5) is 31.7. The Morgan fingerprint density at radius 3 is 2.68 bits per heavy atom. The van der Waals surface area contributed by atoms with Gasteiger partial charge < -0.3 is 10.2 Å². The quantitative estimate of drug-likeness (QED) is 0.908. The number of imidazole rings is 1. The van der Waals surface area contributed by atoms with Crippen molar-refractivity contribution in [1.29, 1.82) is 0 Å². The number of pyridine rings is 1. The molecular formula is C19H26N4O2. The molecule has 25 heavy (non-hydrogen) atoms. The Labute approximate surface area is 148 Å². The number of carbonyl (C=O) groups excluding carboxylic acids is 2. The van der Waals surface area contributed by atoms with Crippen molar-refractivity contribution >= 4 is 17.3 Å². The molecule has 0 radical (unpaired) electrons. The zero-order valence-corrected chi connectivity index (χ0v) is 15.0. The smallest absolute Gasteiger partial charge is 0.287 e. The SMILES string of the molecule is CC(C)CCNC(=O)c1nc(C(=O)N2CCCCC2)c2ccccn12. The lowest BCUT2D eigenvalue weighted by Crippen LogP contribution is -2.36. The van der Waals surface area contributed by atoms with Gasteiger partial charge in [0.1, 0.15) is 0 Å². The molecule has 1 aliphatic heterocycles. The maximum atomic E-state index is 12.9. The Kier molecular flexibility index (Phi) is 5.36. The fourth-order valence-corrected chi connectivity index (χ4v) is 3.16. The van der Waals surface area contributed by atoms with Crippen LogP contribution in [-0.2, 0) is 0 Å². The summed E-state index contributed by atoms with van der Waals surface area (Å²) in [6, 6.07) is 5.55. The maximum Gasteiger partial charge on any atom is 0.287 e. The molecule has 2 amide bonds. The van der Waals surface area contributed by atoms with Crippen molar-refractivity contribution in [3.05, 3.63) is 35.9 Å². The lowest BCUT2D eigenvalue weighted by atomic mass is 10.1. The van der Waals surface area contributed by atoms with Crippen molar-refractivity contribution in [2.45, 2.75) is 39.5 Å². The highest BCUT2D eigenvalue weighted by molar-refractivity contribution is 6.02. The van der Waals surface area contributed by atoms with Crippen molar-refractivity contribution in [1.82, 2.24) is 19.6 Å². The summed E-state index contributed by atoms with van der Waals surface area (Å²) >= 11 is 0. The molecule has 2 aromatic rings. The molecule has 6 nitrogen and oxygen atoms in total. The highest BCUT2D eigenvalue weighted by Crippen LogP contribution is 2.18. The van der Waals surface area contributed by atoms with E-state index in [0.717, 1.165) is 38.8 Å². The predicted molar refractivity (Wildman–Crippen MR) is 96.7 cm³/mol. The number of rotatable bonds is 5. The van der Waals surface area contributed by atoms with Crippen molar-refractivity contribution in [2.24, 2.45) is 5.92 Å². The Morgan fingerprint density at radius 1 is 1.20 bits per heavy atom. The normalized spacial score (nSPS) is 14.9.